The summed E-state index contributed by atoms with van der Waals surface area (Å²) in [6.07, 6.45) is -8.17. The lowest BCUT2D eigenvalue weighted by atomic mass is 10.2. The molecule has 1 rings (SSSR count). The standard InChI is InChI=1S/C12H12F4N2O3/c13-7-3-1-2-4-8(7)18-11(21)10(20)17-6-5-9(19)12(14,15)16/h1-4,9,19H,5-6H2,(H,17,20)(H,18,21)/t9-/m1/s1. The van der Waals surface area contributed by atoms with Gasteiger partial charge in [0.05, 0.1) is 5.69 Å². The number of aliphatic hydroxyl groups is 1. The Morgan fingerprint density at radius 3 is 2.38 bits per heavy atom. The third-order valence-electron chi connectivity index (χ3n) is 2.41. The zero-order chi connectivity index (χ0) is 16.0. The summed E-state index contributed by atoms with van der Waals surface area (Å²) < 4.78 is 49.1. The van der Waals surface area contributed by atoms with Crippen LogP contribution >= 0.6 is 0 Å². The Balaban J connectivity index is 2.42. The van der Waals surface area contributed by atoms with E-state index in [2.05, 4.69) is 0 Å². The first kappa shape index (κ1) is 16.9. The quantitative estimate of drug-likeness (QED) is 0.577. The van der Waals surface area contributed by atoms with Crippen LogP contribution in [0, 0.1) is 5.82 Å². The van der Waals surface area contributed by atoms with Crippen molar-refractivity contribution in [1.82, 2.24) is 5.32 Å². The Bertz CT molecular complexity index is 519. The first-order valence-corrected chi connectivity index (χ1v) is 5.80. The van der Waals surface area contributed by atoms with Gasteiger partial charge in [0.2, 0.25) is 0 Å². The first-order chi connectivity index (χ1) is 9.71. The van der Waals surface area contributed by atoms with E-state index in [0.717, 1.165) is 6.07 Å². The summed E-state index contributed by atoms with van der Waals surface area (Å²) in [5.74, 6) is -3.21. The predicted molar refractivity (Wildman–Crippen MR) is 64.7 cm³/mol. The number of halogens is 4. The molecule has 1 aromatic rings. The van der Waals surface area contributed by atoms with Crippen molar-refractivity contribution in [3.05, 3.63) is 30.1 Å². The number of anilines is 1. The van der Waals surface area contributed by atoms with Gasteiger partial charge >= 0.3 is 18.0 Å². The van der Waals surface area contributed by atoms with E-state index in [0.29, 0.717) is 0 Å². The lowest BCUT2D eigenvalue weighted by Crippen LogP contribution is -2.39. The van der Waals surface area contributed by atoms with Gasteiger partial charge in [0.25, 0.3) is 0 Å². The fourth-order valence-electron chi connectivity index (χ4n) is 1.31. The molecular weight excluding hydrogens is 296 g/mol. The maximum absolute atomic E-state index is 13.2. The van der Waals surface area contributed by atoms with Crippen molar-refractivity contribution in [2.24, 2.45) is 0 Å². The summed E-state index contributed by atoms with van der Waals surface area (Å²) in [6, 6.07) is 5.08. The summed E-state index contributed by atoms with van der Waals surface area (Å²) in [5, 5.41) is 12.5. The minimum atomic E-state index is -4.79. The number of benzene rings is 1. The average Bonchev–Trinajstić information content (AvgIpc) is 2.39. The molecule has 116 valence electrons. The molecule has 0 saturated heterocycles. The van der Waals surface area contributed by atoms with E-state index in [1.54, 1.807) is 0 Å². The van der Waals surface area contributed by atoms with Gasteiger partial charge in [-0.2, -0.15) is 13.2 Å². The van der Waals surface area contributed by atoms with Crippen molar-refractivity contribution in [2.45, 2.75) is 18.7 Å². The Morgan fingerprint density at radius 2 is 1.81 bits per heavy atom. The molecule has 0 unspecified atom stereocenters. The van der Waals surface area contributed by atoms with E-state index in [9.17, 15) is 27.2 Å². The topological polar surface area (TPSA) is 78.4 Å². The number of amides is 2. The molecule has 0 saturated carbocycles. The van der Waals surface area contributed by atoms with E-state index in [-0.39, 0.29) is 5.69 Å². The summed E-state index contributed by atoms with van der Waals surface area (Å²) in [7, 11) is 0. The van der Waals surface area contributed by atoms with Crippen molar-refractivity contribution in [1.29, 1.82) is 0 Å². The van der Waals surface area contributed by atoms with Crippen LogP contribution in [0.25, 0.3) is 0 Å². The number of nitrogens with one attached hydrogen (secondary N) is 2. The molecule has 0 heterocycles. The third kappa shape index (κ3) is 5.38. The second kappa shape index (κ2) is 7.02. The molecule has 0 aromatic heterocycles. The molecule has 1 aromatic carbocycles. The lowest BCUT2D eigenvalue weighted by Gasteiger charge is -2.14. The lowest BCUT2D eigenvalue weighted by molar-refractivity contribution is -0.205. The van der Waals surface area contributed by atoms with Gasteiger partial charge in [-0.25, -0.2) is 4.39 Å². The number of carbonyl (C=O) groups excluding carboxylic acids is 2. The summed E-state index contributed by atoms with van der Waals surface area (Å²) in [5.41, 5.74) is -0.229. The second-order valence-electron chi connectivity index (χ2n) is 4.04. The highest BCUT2D eigenvalue weighted by molar-refractivity contribution is 6.39. The number of hydrogen-bond donors (Lipinski definition) is 3. The highest BCUT2D eigenvalue weighted by Gasteiger charge is 2.37. The maximum Gasteiger partial charge on any atom is 0.414 e. The molecule has 9 heteroatoms. The zero-order valence-corrected chi connectivity index (χ0v) is 10.6. The van der Waals surface area contributed by atoms with Gasteiger partial charge in [-0.1, -0.05) is 12.1 Å². The highest BCUT2D eigenvalue weighted by Crippen LogP contribution is 2.21. The Labute approximate surface area is 117 Å². The number of rotatable bonds is 4. The zero-order valence-electron chi connectivity index (χ0n) is 10.6. The van der Waals surface area contributed by atoms with Crippen LogP contribution < -0.4 is 10.6 Å². The minimum absolute atomic E-state index is 0.229. The van der Waals surface area contributed by atoms with Crippen LogP contribution in [0.4, 0.5) is 23.2 Å². The summed E-state index contributed by atoms with van der Waals surface area (Å²) >= 11 is 0. The van der Waals surface area contributed by atoms with Crippen LogP contribution in [0.5, 0.6) is 0 Å². The largest absolute Gasteiger partial charge is 0.414 e. The molecule has 5 nitrogen and oxygen atoms in total. The molecule has 0 aliphatic carbocycles. The van der Waals surface area contributed by atoms with Crippen molar-refractivity contribution in [3.8, 4) is 0 Å². The fraction of sp³-hybridized carbons (Fsp3) is 0.333. The predicted octanol–water partition coefficient (Wildman–Crippen LogP) is 1.19. The van der Waals surface area contributed by atoms with E-state index in [4.69, 9.17) is 5.11 Å². The van der Waals surface area contributed by atoms with Gasteiger partial charge < -0.3 is 15.7 Å². The maximum atomic E-state index is 13.2. The molecule has 0 aliphatic rings. The second-order valence-corrected chi connectivity index (χ2v) is 4.04. The van der Waals surface area contributed by atoms with Crippen molar-refractivity contribution in [2.75, 3.05) is 11.9 Å². The Hall–Kier alpha value is -2.16. The number of para-hydroxylation sites is 1. The molecule has 0 aliphatic heterocycles. The van der Waals surface area contributed by atoms with Gasteiger partial charge in [-0.15, -0.1) is 0 Å². The van der Waals surface area contributed by atoms with E-state index in [1.807, 2.05) is 10.6 Å². The molecule has 0 bridgehead atoms. The van der Waals surface area contributed by atoms with E-state index < -0.39 is 42.9 Å². The molecule has 1 atom stereocenters. The Morgan fingerprint density at radius 1 is 1.19 bits per heavy atom. The summed E-state index contributed by atoms with van der Waals surface area (Å²) in [6.45, 7) is -0.551. The number of hydrogen-bond acceptors (Lipinski definition) is 3. The summed E-state index contributed by atoms with van der Waals surface area (Å²) in [4.78, 5) is 22.6. The molecule has 21 heavy (non-hydrogen) atoms. The van der Waals surface area contributed by atoms with Crippen LogP contribution in [0.2, 0.25) is 0 Å². The fourth-order valence-corrected chi connectivity index (χ4v) is 1.31. The van der Waals surface area contributed by atoms with Gasteiger partial charge in [-0.05, 0) is 18.6 Å². The van der Waals surface area contributed by atoms with Gasteiger partial charge in [0, 0.05) is 6.54 Å². The van der Waals surface area contributed by atoms with Crippen LogP contribution in [-0.2, 0) is 9.59 Å². The Kier molecular flexibility index (Phi) is 5.65. The highest BCUT2D eigenvalue weighted by atomic mass is 19.4. The SMILES string of the molecule is O=C(NCC[C@@H](O)C(F)(F)F)C(=O)Nc1ccccc1F. The van der Waals surface area contributed by atoms with Gasteiger partial charge in [0.15, 0.2) is 6.10 Å². The first-order valence-electron chi connectivity index (χ1n) is 5.80. The molecule has 3 N–H and O–H groups in total. The van der Waals surface area contributed by atoms with Crippen molar-refractivity contribution >= 4 is 17.5 Å². The van der Waals surface area contributed by atoms with Crippen LogP contribution in [0.15, 0.2) is 24.3 Å². The molecular formula is C12H12F4N2O3. The molecule has 0 radical (unpaired) electrons. The van der Waals surface area contributed by atoms with Gasteiger partial charge in [0.1, 0.15) is 5.82 Å². The van der Waals surface area contributed by atoms with Crippen LogP contribution in [-0.4, -0.2) is 35.7 Å². The van der Waals surface area contributed by atoms with Crippen LogP contribution in [0.1, 0.15) is 6.42 Å². The molecule has 0 spiro atoms. The number of carbonyl (C=O) groups is 2. The van der Waals surface area contributed by atoms with Gasteiger partial charge in [-0.3, -0.25) is 9.59 Å². The normalized spacial score (nSPS) is 12.6. The van der Waals surface area contributed by atoms with Crippen molar-refractivity contribution in [3.63, 3.8) is 0 Å². The van der Waals surface area contributed by atoms with E-state index in [1.165, 1.54) is 18.2 Å². The minimum Gasteiger partial charge on any atom is -0.384 e. The van der Waals surface area contributed by atoms with E-state index >= 15 is 0 Å². The molecule has 2 amide bonds. The number of alkyl halides is 3. The molecule has 0 fully saturated rings. The number of aliphatic hydroxyl groups excluding tert-OH is 1. The van der Waals surface area contributed by atoms with Crippen LogP contribution in [0.3, 0.4) is 0 Å². The third-order valence-corrected chi connectivity index (χ3v) is 2.41. The average molecular weight is 308 g/mol. The monoisotopic (exact) mass is 308 g/mol. The van der Waals surface area contributed by atoms with Crippen molar-refractivity contribution < 1.29 is 32.3 Å². The smallest absolute Gasteiger partial charge is 0.384 e.